The second-order valence-corrected chi connectivity index (χ2v) is 7.80. The summed E-state index contributed by atoms with van der Waals surface area (Å²) in [7, 11) is 3.15. The van der Waals surface area contributed by atoms with Crippen molar-refractivity contribution in [3.05, 3.63) is 95.6 Å². The molecule has 0 saturated heterocycles. The molecule has 1 aliphatic rings. The van der Waals surface area contributed by atoms with Crippen LogP contribution in [0.4, 0.5) is 0 Å². The van der Waals surface area contributed by atoms with Crippen LogP contribution in [0, 0.1) is 0 Å². The van der Waals surface area contributed by atoms with E-state index >= 15 is 0 Å². The molecular weight excluding hydrogens is 420 g/mol. The van der Waals surface area contributed by atoms with E-state index in [0.29, 0.717) is 34.1 Å². The standard InChI is InChI=1S/C27H24O6/c1-29-16-31-21-9-8-18-13-24-25(14-19(18)12-21)33-26-15-22(32-17-30-2)10-11-23(26)27(24,28)20-6-4-3-5-7-20/h3-15,28H,16-17H2,1-2H3. The molecule has 6 heteroatoms. The number of benzene rings is 4. The number of rotatable bonds is 7. The molecule has 0 aliphatic carbocycles. The summed E-state index contributed by atoms with van der Waals surface area (Å²) >= 11 is 0. The van der Waals surface area contributed by atoms with E-state index in [1.807, 2.05) is 66.7 Å². The van der Waals surface area contributed by atoms with Gasteiger partial charge in [0.2, 0.25) is 0 Å². The van der Waals surface area contributed by atoms with Gasteiger partial charge in [0, 0.05) is 31.4 Å². The van der Waals surface area contributed by atoms with E-state index in [1.54, 1.807) is 26.4 Å². The lowest BCUT2D eigenvalue weighted by molar-refractivity contribution is 0.0507. The Morgan fingerprint density at radius 1 is 0.697 bits per heavy atom. The minimum atomic E-state index is -1.40. The minimum absolute atomic E-state index is 0.118. The Hall–Kier alpha value is -3.58. The summed E-state index contributed by atoms with van der Waals surface area (Å²) in [6.07, 6.45) is 0. The summed E-state index contributed by atoms with van der Waals surface area (Å²) in [5.74, 6) is 2.36. The van der Waals surface area contributed by atoms with E-state index in [9.17, 15) is 5.11 Å². The summed E-state index contributed by atoms with van der Waals surface area (Å²) in [6, 6.07) is 24.7. The van der Waals surface area contributed by atoms with E-state index in [1.165, 1.54) is 0 Å². The van der Waals surface area contributed by atoms with E-state index in [0.717, 1.165) is 16.3 Å². The molecule has 0 saturated carbocycles. The maximum Gasteiger partial charge on any atom is 0.188 e. The molecule has 0 fully saturated rings. The predicted molar refractivity (Wildman–Crippen MR) is 124 cm³/mol. The highest BCUT2D eigenvalue weighted by Crippen LogP contribution is 2.52. The van der Waals surface area contributed by atoms with Gasteiger partial charge in [-0.05, 0) is 52.7 Å². The zero-order chi connectivity index (χ0) is 22.8. The van der Waals surface area contributed by atoms with Crippen molar-refractivity contribution in [2.45, 2.75) is 5.60 Å². The minimum Gasteiger partial charge on any atom is -0.468 e. The third kappa shape index (κ3) is 3.78. The lowest BCUT2D eigenvalue weighted by Crippen LogP contribution is -2.32. The Morgan fingerprint density at radius 2 is 1.36 bits per heavy atom. The van der Waals surface area contributed by atoms with Crippen molar-refractivity contribution in [2.24, 2.45) is 0 Å². The topological polar surface area (TPSA) is 66.4 Å². The lowest BCUT2D eigenvalue weighted by Gasteiger charge is -2.37. The van der Waals surface area contributed by atoms with Gasteiger partial charge in [-0.15, -0.1) is 0 Å². The monoisotopic (exact) mass is 444 g/mol. The highest BCUT2D eigenvalue weighted by Gasteiger charge is 2.42. The van der Waals surface area contributed by atoms with E-state index in [2.05, 4.69) is 0 Å². The summed E-state index contributed by atoms with van der Waals surface area (Å²) in [4.78, 5) is 0. The number of fused-ring (bicyclic) bond motifs is 3. The smallest absolute Gasteiger partial charge is 0.188 e. The first-order chi connectivity index (χ1) is 16.1. The predicted octanol–water partition coefficient (Wildman–Crippen LogP) is 5.20. The van der Waals surface area contributed by atoms with Gasteiger partial charge in [-0.25, -0.2) is 0 Å². The fourth-order valence-corrected chi connectivity index (χ4v) is 4.20. The molecule has 0 spiro atoms. The van der Waals surface area contributed by atoms with Gasteiger partial charge in [0.25, 0.3) is 0 Å². The number of ether oxygens (including phenoxy) is 5. The van der Waals surface area contributed by atoms with Crippen LogP contribution < -0.4 is 14.2 Å². The van der Waals surface area contributed by atoms with Crippen LogP contribution in [0.3, 0.4) is 0 Å². The van der Waals surface area contributed by atoms with Crippen molar-refractivity contribution in [3.63, 3.8) is 0 Å². The molecule has 0 bridgehead atoms. The molecule has 1 unspecified atom stereocenters. The van der Waals surface area contributed by atoms with Crippen molar-refractivity contribution in [1.82, 2.24) is 0 Å². The highest BCUT2D eigenvalue weighted by molar-refractivity contribution is 5.88. The van der Waals surface area contributed by atoms with Crippen LogP contribution >= 0.6 is 0 Å². The molecule has 0 amide bonds. The maximum atomic E-state index is 12.3. The maximum absolute atomic E-state index is 12.3. The van der Waals surface area contributed by atoms with E-state index in [-0.39, 0.29) is 13.6 Å². The van der Waals surface area contributed by atoms with Crippen LogP contribution in [0.5, 0.6) is 23.0 Å². The quantitative estimate of drug-likeness (QED) is 0.396. The average Bonchev–Trinajstić information content (AvgIpc) is 2.85. The van der Waals surface area contributed by atoms with Gasteiger partial charge < -0.3 is 28.8 Å². The zero-order valence-corrected chi connectivity index (χ0v) is 18.4. The molecule has 168 valence electrons. The Kier molecular flexibility index (Phi) is 5.64. The van der Waals surface area contributed by atoms with Gasteiger partial charge in [-0.1, -0.05) is 36.4 Å². The highest BCUT2D eigenvalue weighted by atomic mass is 16.7. The van der Waals surface area contributed by atoms with Gasteiger partial charge in [0.1, 0.15) is 28.6 Å². The molecule has 1 aliphatic heterocycles. The first kappa shape index (κ1) is 21.3. The molecule has 0 aromatic heterocycles. The Labute approximate surface area is 191 Å². The van der Waals surface area contributed by atoms with Crippen molar-refractivity contribution in [1.29, 1.82) is 0 Å². The van der Waals surface area contributed by atoms with Crippen LogP contribution in [0.1, 0.15) is 16.7 Å². The van der Waals surface area contributed by atoms with Gasteiger partial charge in [-0.2, -0.15) is 0 Å². The van der Waals surface area contributed by atoms with Crippen LogP contribution in [-0.2, 0) is 15.1 Å². The number of hydrogen-bond acceptors (Lipinski definition) is 6. The largest absolute Gasteiger partial charge is 0.468 e. The van der Waals surface area contributed by atoms with Crippen LogP contribution in [-0.4, -0.2) is 32.9 Å². The average molecular weight is 444 g/mol. The molecular formula is C27H24O6. The Balaban J connectivity index is 1.68. The molecule has 0 radical (unpaired) electrons. The second kappa shape index (κ2) is 8.75. The van der Waals surface area contributed by atoms with Gasteiger partial charge >= 0.3 is 0 Å². The first-order valence-corrected chi connectivity index (χ1v) is 10.6. The molecule has 4 aromatic rings. The molecule has 33 heavy (non-hydrogen) atoms. The number of hydrogen-bond donors (Lipinski definition) is 1. The molecule has 1 atom stereocenters. The Morgan fingerprint density at radius 3 is 2.09 bits per heavy atom. The summed E-state index contributed by atoms with van der Waals surface area (Å²) in [5.41, 5.74) is 0.666. The van der Waals surface area contributed by atoms with Gasteiger partial charge in [-0.3, -0.25) is 0 Å². The summed E-state index contributed by atoms with van der Waals surface area (Å²) < 4.78 is 27.5. The number of aliphatic hydroxyl groups is 1. The Bertz CT molecular complexity index is 1290. The van der Waals surface area contributed by atoms with Crippen molar-refractivity contribution >= 4 is 10.8 Å². The molecule has 4 aromatic carbocycles. The normalized spacial score (nSPS) is 16.6. The van der Waals surface area contributed by atoms with Crippen molar-refractivity contribution in [3.8, 4) is 23.0 Å². The van der Waals surface area contributed by atoms with E-state index < -0.39 is 5.60 Å². The van der Waals surface area contributed by atoms with Crippen LogP contribution in [0.15, 0.2) is 78.9 Å². The van der Waals surface area contributed by atoms with Crippen molar-refractivity contribution in [2.75, 3.05) is 27.8 Å². The lowest BCUT2D eigenvalue weighted by atomic mass is 9.77. The number of methoxy groups -OCH3 is 2. The van der Waals surface area contributed by atoms with Crippen LogP contribution in [0.2, 0.25) is 0 Å². The third-order valence-corrected chi connectivity index (χ3v) is 5.74. The SMILES string of the molecule is COCOc1ccc2c(c1)Oc1cc3cc(OCOC)ccc3cc1C2(O)c1ccccc1. The van der Waals surface area contributed by atoms with Crippen LogP contribution in [0.25, 0.3) is 10.8 Å². The van der Waals surface area contributed by atoms with Crippen molar-refractivity contribution < 1.29 is 28.8 Å². The fourth-order valence-electron chi connectivity index (χ4n) is 4.20. The third-order valence-electron chi connectivity index (χ3n) is 5.74. The summed E-state index contributed by atoms with van der Waals surface area (Å²) in [5, 5.41) is 14.1. The van der Waals surface area contributed by atoms with Gasteiger partial charge in [0.15, 0.2) is 13.6 Å². The van der Waals surface area contributed by atoms with E-state index in [4.69, 9.17) is 23.7 Å². The molecule has 1 heterocycles. The van der Waals surface area contributed by atoms with Gasteiger partial charge in [0.05, 0.1) is 0 Å². The zero-order valence-electron chi connectivity index (χ0n) is 18.4. The first-order valence-electron chi connectivity index (χ1n) is 10.6. The fraction of sp³-hybridized carbons (Fsp3) is 0.185. The summed E-state index contributed by atoms with van der Waals surface area (Å²) in [6.45, 7) is 0.283. The molecule has 6 nitrogen and oxygen atoms in total. The second-order valence-electron chi connectivity index (χ2n) is 7.80. The molecule has 1 N–H and O–H groups in total. The molecule has 5 rings (SSSR count).